The van der Waals surface area contributed by atoms with Crippen molar-refractivity contribution in [2.24, 2.45) is 5.73 Å². The summed E-state index contributed by atoms with van der Waals surface area (Å²) in [6.45, 7) is 3.91. The number of hydrogen-bond acceptors (Lipinski definition) is 6. The van der Waals surface area contributed by atoms with E-state index in [4.69, 9.17) is 10.5 Å². The van der Waals surface area contributed by atoms with Crippen molar-refractivity contribution in [1.29, 1.82) is 0 Å². The van der Waals surface area contributed by atoms with Gasteiger partial charge in [-0.1, -0.05) is 6.07 Å². The molecule has 0 bridgehead atoms. The van der Waals surface area contributed by atoms with E-state index in [9.17, 15) is 14.4 Å². The number of esters is 1. The smallest absolute Gasteiger partial charge is 0.341 e. The van der Waals surface area contributed by atoms with Crippen molar-refractivity contribution >= 4 is 39.8 Å². The van der Waals surface area contributed by atoms with Crippen LogP contribution in [-0.4, -0.2) is 30.9 Å². The Balaban J connectivity index is 1.72. The number of rotatable bonds is 7. The minimum Gasteiger partial charge on any atom is -0.462 e. The van der Waals surface area contributed by atoms with Crippen molar-refractivity contribution in [3.63, 3.8) is 0 Å². The monoisotopic (exact) mass is 401 g/mol. The van der Waals surface area contributed by atoms with Gasteiger partial charge in [-0.25, -0.2) is 4.79 Å². The highest BCUT2D eigenvalue weighted by Crippen LogP contribution is 2.39. The number of ether oxygens (including phenoxy) is 1. The average molecular weight is 401 g/mol. The first kappa shape index (κ1) is 19.9. The molecule has 0 saturated carbocycles. The molecule has 1 aliphatic carbocycles. The zero-order valence-electron chi connectivity index (χ0n) is 15.9. The molecule has 4 N–H and O–H groups in total. The van der Waals surface area contributed by atoms with Crippen molar-refractivity contribution < 1.29 is 19.1 Å². The largest absolute Gasteiger partial charge is 0.462 e. The fourth-order valence-corrected chi connectivity index (χ4v) is 4.52. The van der Waals surface area contributed by atoms with Crippen molar-refractivity contribution in [2.45, 2.75) is 33.1 Å². The number of carbonyl (C=O) groups is 3. The lowest BCUT2D eigenvalue weighted by Crippen LogP contribution is -2.23. The van der Waals surface area contributed by atoms with E-state index < -0.39 is 11.9 Å². The number of aryl methyl sites for hydroxylation is 2. The molecule has 7 nitrogen and oxygen atoms in total. The predicted octanol–water partition coefficient (Wildman–Crippen LogP) is 2.87. The second kappa shape index (κ2) is 8.43. The molecule has 0 saturated heterocycles. The maximum absolute atomic E-state index is 12.5. The van der Waals surface area contributed by atoms with Crippen molar-refractivity contribution in [3.05, 3.63) is 45.3 Å². The number of nitrogens with two attached hydrogens (primary N) is 1. The second-order valence-electron chi connectivity index (χ2n) is 6.58. The summed E-state index contributed by atoms with van der Waals surface area (Å²) in [7, 11) is 0. The lowest BCUT2D eigenvalue weighted by Gasteiger charge is -2.11. The van der Waals surface area contributed by atoms with Crippen LogP contribution in [0.2, 0.25) is 0 Å². The summed E-state index contributed by atoms with van der Waals surface area (Å²) >= 11 is 1.44. The first-order valence-corrected chi connectivity index (χ1v) is 9.98. The number of thiophene rings is 1. The fraction of sp³-hybridized carbons (Fsp3) is 0.350. The molecule has 1 aromatic heterocycles. The molecule has 0 atom stereocenters. The van der Waals surface area contributed by atoms with Gasteiger partial charge in [-0.05, 0) is 56.4 Å². The Labute approximate surface area is 167 Å². The topological polar surface area (TPSA) is 111 Å². The van der Waals surface area contributed by atoms with Crippen LogP contribution in [0.25, 0.3) is 0 Å². The molecule has 1 heterocycles. The van der Waals surface area contributed by atoms with Gasteiger partial charge in [0, 0.05) is 16.1 Å². The van der Waals surface area contributed by atoms with E-state index in [0.29, 0.717) is 21.8 Å². The Kier molecular flexibility index (Phi) is 5.99. The summed E-state index contributed by atoms with van der Waals surface area (Å²) < 4.78 is 5.17. The van der Waals surface area contributed by atoms with E-state index in [2.05, 4.69) is 10.6 Å². The summed E-state index contributed by atoms with van der Waals surface area (Å²) in [6, 6.07) is 5.03. The first-order chi connectivity index (χ1) is 13.4. The van der Waals surface area contributed by atoms with E-state index in [1.165, 1.54) is 11.3 Å². The highest BCUT2D eigenvalue weighted by atomic mass is 32.1. The maximum Gasteiger partial charge on any atom is 0.341 e. The fourth-order valence-electron chi connectivity index (χ4n) is 3.22. The van der Waals surface area contributed by atoms with Gasteiger partial charge in [-0.3, -0.25) is 9.59 Å². The normalized spacial score (nSPS) is 12.4. The summed E-state index contributed by atoms with van der Waals surface area (Å²) in [5.41, 5.74) is 8.71. The lowest BCUT2D eigenvalue weighted by atomic mass is 10.1. The molecule has 0 spiro atoms. The zero-order chi connectivity index (χ0) is 20.3. The molecule has 28 heavy (non-hydrogen) atoms. The average Bonchev–Trinajstić information content (AvgIpc) is 3.21. The molecular weight excluding hydrogens is 378 g/mol. The predicted molar refractivity (Wildman–Crippen MR) is 109 cm³/mol. The third-order valence-corrected chi connectivity index (χ3v) is 5.82. The number of hydrogen-bond donors (Lipinski definition) is 3. The highest BCUT2D eigenvalue weighted by molar-refractivity contribution is 7.17. The number of amides is 2. The van der Waals surface area contributed by atoms with E-state index in [1.54, 1.807) is 25.1 Å². The van der Waals surface area contributed by atoms with Crippen LogP contribution in [0.5, 0.6) is 0 Å². The molecule has 148 valence electrons. The molecule has 0 radical (unpaired) electrons. The standard InChI is InChI=1S/C20H23N3O4S/c1-3-27-20(26)17-13-5-4-6-15(13)28-19(17)23-16(24)10-22-14-9-12(18(21)25)8-7-11(14)2/h7-9,22H,3-6,10H2,1-2H3,(H2,21,25)(H,23,24). The Morgan fingerprint density at radius 1 is 1.25 bits per heavy atom. The molecule has 0 aliphatic heterocycles. The second-order valence-corrected chi connectivity index (χ2v) is 7.68. The van der Waals surface area contributed by atoms with E-state index >= 15 is 0 Å². The number of primary amides is 1. The molecule has 2 amide bonds. The van der Waals surface area contributed by atoms with Crippen LogP contribution in [0, 0.1) is 6.92 Å². The molecule has 2 aromatic rings. The van der Waals surface area contributed by atoms with Crippen molar-refractivity contribution in [2.75, 3.05) is 23.8 Å². The third-order valence-electron chi connectivity index (χ3n) is 4.62. The van der Waals surface area contributed by atoms with E-state index in [0.717, 1.165) is 35.3 Å². The van der Waals surface area contributed by atoms with Crippen LogP contribution in [-0.2, 0) is 22.4 Å². The van der Waals surface area contributed by atoms with Crippen LogP contribution in [0.4, 0.5) is 10.7 Å². The molecule has 3 rings (SSSR count). The maximum atomic E-state index is 12.5. The first-order valence-electron chi connectivity index (χ1n) is 9.16. The van der Waals surface area contributed by atoms with Gasteiger partial charge in [0.2, 0.25) is 11.8 Å². The minimum atomic E-state index is -0.528. The van der Waals surface area contributed by atoms with Gasteiger partial charge in [0.25, 0.3) is 0 Å². The zero-order valence-corrected chi connectivity index (χ0v) is 16.7. The van der Waals surface area contributed by atoms with Crippen LogP contribution < -0.4 is 16.4 Å². The van der Waals surface area contributed by atoms with E-state index in [-0.39, 0.29) is 19.1 Å². The number of benzene rings is 1. The number of carbonyl (C=O) groups excluding carboxylic acids is 3. The lowest BCUT2D eigenvalue weighted by molar-refractivity contribution is -0.114. The Morgan fingerprint density at radius 3 is 2.75 bits per heavy atom. The van der Waals surface area contributed by atoms with Gasteiger partial charge in [-0.15, -0.1) is 11.3 Å². The number of anilines is 2. The van der Waals surface area contributed by atoms with Gasteiger partial charge in [-0.2, -0.15) is 0 Å². The molecule has 8 heteroatoms. The van der Waals surface area contributed by atoms with Gasteiger partial charge in [0.05, 0.1) is 18.7 Å². The summed E-state index contributed by atoms with van der Waals surface area (Å²) in [5.74, 6) is -1.20. The Hall–Kier alpha value is -2.87. The quantitative estimate of drug-likeness (QED) is 0.618. The third kappa shape index (κ3) is 4.17. The van der Waals surface area contributed by atoms with Gasteiger partial charge >= 0.3 is 5.97 Å². The van der Waals surface area contributed by atoms with Crippen LogP contribution in [0.15, 0.2) is 18.2 Å². The van der Waals surface area contributed by atoms with Crippen LogP contribution in [0.3, 0.4) is 0 Å². The van der Waals surface area contributed by atoms with Crippen molar-refractivity contribution in [3.8, 4) is 0 Å². The Bertz CT molecular complexity index is 936. The SMILES string of the molecule is CCOC(=O)c1c(NC(=O)CNc2cc(C(N)=O)ccc2C)sc2c1CCC2. The van der Waals surface area contributed by atoms with Gasteiger partial charge in [0.1, 0.15) is 5.00 Å². The molecule has 0 unspecified atom stereocenters. The van der Waals surface area contributed by atoms with E-state index in [1.807, 2.05) is 6.92 Å². The summed E-state index contributed by atoms with van der Waals surface area (Å²) in [6.07, 6.45) is 2.76. The van der Waals surface area contributed by atoms with Crippen molar-refractivity contribution in [1.82, 2.24) is 0 Å². The summed E-state index contributed by atoms with van der Waals surface area (Å²) in [5, 5.41) is 6.39. The summed E-state index contributed by atoms with van der Waals surface area (Å²) in [4.78, 5) is 37.3. The van der Waals surface area contributed by atoms with Crippen LogP contribution >= 0.6 is 11.3 Å². The molecule has 1 aromatic carbocycles. The molecule has 1 aliphatic rings. The number of nitrogens with one attached hydrogen (secondary N) is 2. The van der Waals surface area contributed by atoms with Gasteiger partial charge in [0.15, 0.2) is 0 Å². The van der Waals surface area contributed by atoms with Crippen LogP contribution in [0.1, 0.15) is 50.1 Å². The molecule has 0 fully saturated rings. The number of fused-ring (bicyclic) bond motifs is 1. The Morgan fingerprint density at radius 2 is 2.04 bits per heavy atom. The molecular formula is C20H23N3O4S. The minimum absolute atomic E-state index is 0.00606. The van der Waals surface area contributed by atoms with Gasteiger partial charge < -0.3 is 21.1 Å². The highest BCUT2D eigenvalue weighted by Gasteiger charge is 2.28.